The second-order valence-corrected chi connectivity index (χ2v) is 8.09. The lowest BCUT2D eigenvalue weighted by atomic mass is 9.96. The molecule has 5 rings (SSSR count). The molecule has 0 aliphatic carbocycles. The molecule has 0 atom stereocenters. The highest BCUT2D eigenvalue weighted by Gasteiger charge is 2.31. The van der Waals surface area contributed by atoms with Crippen LogP contribution in [0.1, 0.15) is 64.1 Å². The summed E-state index contributed by atoms with van der Waals surface area (Å²) in [6.45, 7) is 4.82. The zero-order chi connectivity index (χ0) is 20.7. The maximum atomic E-state index is 12.9. The van der Waals surface area contributed by atoms with Crippen molar-refractivity contribution in [2.75, 3.05) is 33.0 Å². The molecule has 158 valence electrons. The number of carbonyl (C=O) groups is 2. The molecule has 30 heavy (non-hydrogen) atoms. The van der Waals surface area contributed by atoms with Crippen LogP contribution in [0.3, 0.4) is 0 Å². The van der Waals surface area contributed by atoms with Crippen molar-refractivity contribution < 1.29 is 23.5 Å². The average Bonchev–Trinajstić information content (AvgIpc) is 3.53. The van der Waals surface area contributed by atoms with Gasteiger partial charge in [-0.3, -0.25) is 9.59 Å². The molecule has 2 amide bonds. The maximum Gasteiger partial charge on any atom is 0.276 e. The van der Waals surface area contributed by atoms with Gasteiger partial charge in [0.1, 0.15) is 5.76 Å². The number of aryl methyl sites for hydroxylation is 1. The Kier molecular flexibility index (Phi) is 4.84. The minimum atomic E-state index is -0.0320. The fourth-order valence-corrected chi connectivity index (χ4v) is 4.40. The molecule has 3 aliphatic rings. The number of carbonyl (C=O) groups excluding carboxylic acids is 2. The van der Waals surface area contributed by atoms with Crippen LogP contribution in [0.4, 0.5) is 0 Å². The lowest BCUT2D eigenvalue weighted by Gasteiger charge is -2.30. The van der Waals surface area contributed by atoms with E-state index in [0.29, 0.717) is 47.5 Å². The van der Waals surface area contributed by atoms with Crippen LogP contribution < -0.4 is 9.47 Å². The average molecular weight is 411 g/mol. The normalized spacial score (nSPS) is 18.8. The van der Waals surface area contributed by atoms with Gasteiger partial charge < -0.3 is 23.7 Å². The number of fused-ring (bicyclic) bond motifs is 1. The molecule has 2 aromatic rings. The summed E-state index contributed by atoms with van der Waals surface area (Å²) in [4.78, 5) is 33.8. The first kappa shape index (κ1) is 19.0. The van der Waals surface area contributed by atoms with Crippen molar-refractivity contribution in [2.45, 2.75) is 38.5 Å². The number of rotatable bonds is 3. The molecule has 3 aliphatic heterocycles. The van der Waals surface area contributed by atoms with Gasteiger partial charge in [-0.05, 0) is 50.8 Å². The van der Waals surface area contributed by atoms with E-state index >= 15 is 0 Å². The third kappa shape index (κ3) is 3.40. The fraction of sp³-hybridized carbons (Fsp3) is 0.500. The number of oxazole rings is 1. The van der Waals surface area contributed by atoms with Gasteiger partial charge >= 0.3 is 0 Å². The lowest BCUT2D eigenvalue weighted by Crippen LogP contribution is -2.38. The van der Waals surface area contributed by atoms with Crippen molar-refractivity contribution in [1.82, 2.24) is 14.8 Å². The van der Waals surface area contributed by atoms with Gasteiger partial charge in [0.25, 0.3) is 11.8 Å². The third-order valence-corrected chi connectivity index (χ3v) is 6.16. The zero-order valence-corrected chi connectivity index (χ0v) is 17.1. The molecule has 1 aromatic heterocycles. The van der Waals surface area contributed by atoms with E-state index in [0.717, 1.165) is 38.8 Å². The number of hydrogen-bond donors (Lipinski definition) is 0. The van der Waals surface area contributed by atoms with E-state index in [2.05, 4.69) is 4.98 Å². The van der Waals surface area contributed by atoms with E-state index in [1.54, 1.807) is 25.1 Å². The number of hydrogen-bond acceptors (Lipinski definition) is 6. The summed E-state index contributed by atoms with van der Waals surface area (Å²) >= 11 is 0. The Bertz CT molecular complexity index is 971. The highest BCUT2D eigenvalue weighted by Crippen LogP contribution is 2.34. The molecule has 8 heteroatoms. The van der Waals surface area contributed by atoms with Crippen LogP contribution in [0.2, 0.25) is 0 Å². The zero-order valence-electron chi connectivity index (χ0n) is 17.1. The van der Waals surface area contributed by atoms with Gasteiger partial charge in [-0.1, -0.05) is 0 Å². The Balaban J connectivity index is 1.23. The van der Waals surface area contributed by atoms with Gasteiger partial charge in [0.05, 0.1) is 0 Å². The number of ether oxygens (including phenoxy) is 2. The highest BCUT2D eigenvalue weighted by molar-refractivity contribution is 5.95. The summed E-state index contributed by atoms with van der Waals surface area (Å²) in [5.41, 5.74) is 1.04. The largest absolute Gasteiger partial charge is 0.454 e. The SMILES string of the molecule is Cc1oc(C2CCN(C(=O)c3ccc4c(c3)OCO4)CC2)nc1C(=O)N1CCCC1. The van der Waals surface area contributed by atoms with Crippen molar-refractivity contribution in [3.8, 4) is 11.5 Å². The number of benzene rings is 1. The maximum absolute atomic E-state index is 12.9. The highest BCUT2D eigenvalue weighted by atomic mass is 16.7. The van der Waals surface area contributed by atoms with Crippen molar-refractivity contribution in [3.05, 3.63) is 41.1 Å². The molecule has 0 radical (unpaired) electrons. The van der Waals surface area contributed by atoms with Crippen LogP contribution in [-0.4, -0.2) is 59.6 Å². The number of nitrogens with zero attached hydrogens (tertiary/aromatic N) is 3. The van der Waals surface area contributed by atoms with Gasteiger partial charge in [-0.25, -0.2) is 4.98 Å². The molecule has 0 unspecified atom stereocenters. The molecule has 0 N–H and O–H groups in total. The van der Waals surface area contributed by atoms with Gasteiger partial charge in [0, 0.05) is 37.7 Å². The smallest absolute Gasteiger partial charge is 0.276 e. The van der Waals surface area contributed by atoms with Gasteiger partial charge in [-0.2, -0.15) is 0 Å². The van der Waals surface area contributed by atoms with E-state index in [9.17, 15) is 9.59 Å². The van der Waals surface area contributed by atoms with Gasteiger partial charge in [-0.15, -0.1) is 0 Å². The minimum Gasteiger partial charge on any atom is -0.454 e. The van der Waals surface area contributed by atoms with Crippen LogP contribution in [0, 0.1) is 6.92 Å². The van der Waals surface area contributed by atoms with E-state index in [1.807, 2.05) is 9.80 Å². The van der Waals surface area contributed by atoms with E-state index in [-0.39, 0.29) is 24.5 Å². The van der Waals surface area contributed by atoms with E-state index in [4.69, 9.17) is 13.9 Å². The van der Waals surface area contributed by atoms with E-state index in [1.165, 1.54) is 0 Å². The summed E-state index contributed by atoms with van der Waals surface area (Å²) in [6.07, 6.45) is 3.61. The Morgan fingerprint density at radius 1 is 0.967 bits per heavy atom. The summed E-state index contributed by atoms with van der Waals surface area (Å²) < 4.78 is 16.6. The summed E-state index contributed by atoms with van der Waals surface area (Å²) in [5, 5.41) is 0. The Morgan fingerprint density at radius 3 is 2.43 bits per heavy atom. The summed E-state index contributed by atoms with van der Waals surface area (Å²) in [5.74, 6) is 2.55. The molecule has 2 fully saturated rings. The molecule has 4 heterocycles. The summed E-state index contributed by atoms with van der Waals surface area (Å²) in [7, 11) is 0. The second kappa shape index (κ2) is 7.66. The van der Waals surface area contributed by atoms with Gasteiger partial charge in [0.15, 0.2) is 23.1 Å². The van der Waals surface area contributed by atoms with Crippen LogP contribution in [0.15, 0.2) is 22.6 Å². The Hall–Kier alpha value is -3.03. The van der Waals surface area contributed by atoms with Crippen molar-refractivity contribution in [2.24, 2.45) is 0 Å². The first-order chi connectivity index (χ1) is 14.6. The predicted octanol–water partition coefficient (Wildman–Crippen LogP) is 2.97. The van der Waals surface area contributed by atoms with E-state index < -0.39 is 0 Å². The quantitative estimate of drug-likeness (QED) is 0.772. The number of piperidine rings is 1. The number of amides is 2. The first-order valence-corrected chi connectivity index (χ1v) is 10.6. The molecular weight excluding hydrogens is 386 g/mol. The number of likely N-dealkylation sites (tertiary alicyclic amines) is 2. The van der Waals surface area contributed by atoms with Crippen molar-refractivity contribution in [3.63, 3.8) is 0 Å². The van der Waals surface area contributed by atoms with Gasteiger partial charge in [0.2, 0.25) is 6.79 Å². The first-order valence-electron chi connectivity index (χ1n) is 10.6. The third-order valence-electron chi connectivity index (χ3n) is 6.16. The standard InChI is InChI=1S/C22H25N3O5/c1-14-19(22(27)24-8-2-3-9-24)23-20(30-14)15-6-10-25(11-7-15)21(26)16-4-5-17-18(12-16)29-13-28-17/h4-5,12,15H,2-3,6-11,13H2,1H3. The van der Waals surface area contributed by atoms with Crippen LogP contribution >= 0.6 is 0 Å². The van der Waals surface area contributed by atoms with Crippen LogP contribution in [0.25, 0.3) is 0 Å². The van der Waals surface area contributed by atoms with Crippen molar-refractivity contribution in [1.29, 1.82) is 0 Å². The minimum absolute atomic E-state index is 0.0137. The fourth-order valence-electron chi connectivity index (χ4n) is 4.40. The molecule has 0 spiro atoms. The van der Waals surface area contributed by atoms with Crippen LogP contribution in [-0.2, 0) is 0 Å². The molecular formula is C22H25N3O5. The molecule has 0 saturated carbocycles. The predicted molar refractivity (Wildman–Crippen MR) is 107 cm³/mol. The van der Waals surface area contributed by atoms with Crippen LogP contribution in [0.5, 0.6) is 11.5 Å². The number of aromatic nitrogens is 1. The lowest BCUT2D eigenvalue weighted by molar-refractivity contribution is 0.0705. The Labute approximate surface area is 174 Å². The monoisotopic (exact) mass is 411 g/mol. The topological polar surface area (TPSA) is 85.1 Å². The second-order valence-electron chi connectivity index (χ2n) is 8.09. The Morgan fingerprint density at radius 2 is 1.67 bits per heavy atom. The molecule has 8 nitrogen and oxygen atoms in total. The van der Waals surface area contributed by atoms with Crippen molar-refractivity contribution >= 4 is 11.8 Å². The molecule has 0 bridgehead atoms. The molecule has 1 aromatic carbocycles. The summed E-state index contributed by atoms with van der Waals surface area (Å²) in [6, 6.07) is 5.29. The molecule has 2 saturated heterocycles.